The molecule has 2 N–H and O–H groups in total. The van der Waals surface area contributed by atoms with Gasteiger partial charge in [0.05, 0.1) is 11.1 Å². The zero-order valence-corrected chi connectivity index (χ0v) is 21.4. The lowest BCUT2D eigenvalue weighted by molar-refractivity contribution is -0.286. The normalized spacial score (nSPS) is 16.7. The molecule has 1 aliphatic heterocycles. The minimum atomic E-state index is -3.73. The van der Waals surface area contributed by atoms with Gasteiger partial charge in [-0.05, 0) is 60.7 Å². The molecule has 1 fully saturated rings. The van der Waals surface area contributed by atoms with Crippen LogP contribution < -0.4 is 14.8 Å². The molecule has 1 aromatic heterocycles. The van der Waals surface area contributed by atoms with E-state index in [1.165, 1.54) is 12.1 Å². The number of Topliss-reactive ketones (excluding diaryl/α,β-unsaturated/α-hetero) is 1. The summed E-state index contributed by atoms with van der Waals surface area (Å²) in [6.45, 7) is 1.87. The Morgan fingerprint density at radius 3 is 2.42 bits per heavy atom. The van der Waals surface area contributed by atoms with Gasteiger partial charge in [-0.15, -0.1) is 8.78 Å². The van der Waals surface area contributed by atoms with Gasteiger partial charge in [-0.1, -0.05) is 60.7 Å². The van der Waals surface area contributed by atoms with Crippen molar-refractivity contribution >= 4 is 17.5 Å². The monoisotopic (exact) mass is 542 g/mol. The van der Waals surface area contributed by atoms with Crippen LogP contribution in [-0.4, -0.2) is 28.1 Å². The number of anilines is 1. The highest BCUT2D eigenvalue weighted by Gasteiger charge is 2.53. The number of ketones is 1. The number of alkyl halides is 2. The first-order valence-electron chi connectivity index (χ1n) is 12.7. The van der Waals surface area contributed by atoms with Gasteiger partial charge in [0.15, 0.2) is 17.3 Å². The van der Waals surface area contributed by atoms with E-state index in [1.807, 2.05) is 19.1 Å². The number of aromatic nitrogens is 1. The maximum atomic E-state index is 13.5. The summed E-state index contributed by atoms with van der Waals surface area (Å²) >= 11 is 0. The molecule has 2 aliphatic rings. The van der Waals surface area contributed by atoms with Gasteiger partial charge in [-0.25, -0.2) is 4.98 Å². The lowest BCUT2D eigenvalue weighted by atomic mass is 9.94. The number of carbonyl (C=O) groups is 2. The van der Waals surface area contributed by atoms with Crippen molar-refractivity contribution in [2.24, 2.45) is 0 Å². The van der Waals surface area contributed by atoms with Crippen LogP contribution in [0, 0.1) is 6.92 Å². The predicted octanol–water partition coefficient (Wildman–Crippen LogP) is 5.97. The third kappa shape index (κ3) is 4.69. The second kappa shape index (κ2) is 9.53. The average molecular weight is 543 g/mol. The van der Waals surface area contributed by atoms with Crippen molar-refractivity contribution in [1.82, 2.24) is 4.98 Å². The molecule has 0 bridgehead atoms. The largest absolute Gasteiger partial charge is 0.586 e. The summed E-state index contributed by atoms with van der Waals surface area (Å²) in [5, 5.41) is 13.5. The van der Waals surface area contributed by atoms with E-state index in [0.29, 0.717) is 46.6 Å². The van der Waals surface area contributed by atoms with Crippen LogP contribution in [0.5, 0.6) is 11.5 Å². The maximum Gasteiger partial charge on any atom is 0.586 e. The summed E-state index contributed by atoms with van der Waals surface area (Å²) in [6.07, 6.45) is -3.94. The number of ether oxygens (including phenoxy) is 2. The number of hydrogen-bond acceptors (Lipinski definition) is 6. The molecule has 1 aliphatic carbocycles. The second-order valence-electron chi connectivity index (χ2n) is 9.99. The predicted molar refractivity (Wildman–Crippen MR) is 142 cm³/mol. The van der Waals surface area contributed by atoms with Crippen LogP contribution in [0.4, 0.5) is 14.6 Å². The van der Waals surface area contributed by atoms with Gasteiger partial charge in [0.25, 0.3) is 0 Å². The Kier molecular flexibility index (Phi) is 6.11. The first-order valence-corrected chi connectivity index (χ1v) is 12.7. The average Bonchev–Trinajstić information content (AvgIpc) is 3.71. The number of amides is 1. The van der Waals surface area contributed by atoms with Gasteiger partial charge in [0.2, 0.25) is 5.91 Å². The standard InChI is InChI=1S/C31H24F2N2O5/c1-18-10-13-25(35-29(38)30(14-15-30)22-11-12-23-24(17-22)40-31(32,33)39-23)34-26(18)20-8-5-9-21(16-20)28(37)27(36)19-6-3-2-4-7-19/h2-13,16-17,27,36H,14-15H2,1H3,(H,34,35,38). The molecule has 0 spiro atoms. The number of pyridine rings is 1. The summed E-state index contributed by atoms with van der Waals surface area (Å²) < 4.78 is 35.9. The Labute approximate surface area is 228 Å². The smallest absolute Gasteiger partial charge is 0.395 e. The van der Waals surface area contributed by atoms with Gasteiger partial charge in [-0.2, -0.15) is 0 Å². The number of nitrogens with one attached hydrogen (secondary N) is 1. The highest BCUT2D eigenvalue weighted by Crippen LogP contribution is 2.52. The number of halogens is 2. The third-order valence-electron chi connectivity index (χ3n) is 7.26. The molecule has 6 rings (SSSR count). The van der Waals surface area contributed by atoms with E-state index in [4.69, 9.17) is 0 Å². The fourth-order valence-electron chi connectivity index (χ4n) is 4.91. The highest BCUT2D eigenvalue weighted by molar-refractivity contribution is 6.02. The van der Waals surface area contributed by atoms with Gasteiger partial charge >= 0.3 is 6.29 Å². The second-order valence-corrected chi connectivity index (χ2v) is 9.99. The molecule has 0 radical (unpaired) electrons. The van der Waals surface area contributed by atoms with Crippen molar-refractivity contribution in [3.05, 3.63) is 107 Å². The van der Waals surface area contributed by atoms with E-state index in [9.17, 15) is 23.5 Å². The molecule has 0 saturated heterocycles. The Bertz CT molecular complexity index is 1640. The molecule has 4 aromatic rings. The number of hydrogen-bond donors (Lipinski definition) is 2. The minimum Gasteiger partial charge on any atom is -0.395 e. The number of aliphatic hydroxyl groups excluding tert-OH is 1. The molecule has 3 aromatic carbocycles. The Hall–Kier alpha value is -4.63. The lowest BCUT2D eigenvalue weighted by Gasteiger charge is -2.17. The number of nitrogens with zero attached hydrogens (tertiary/aromatic N) is 1. The number of rotatable bonds is 7. The van der Waals surface area contributed by atoms with Crippen LogP contribution in [0.25, 0.3) is 11.3 Å². The number of benzene rings is 3. The first-order chi connectivity index (χ1) is 19.1. The van der Waals surface area contributed by atoms with Crippen LogP contribution in [0.2, 0.25) is 0 Å². The van der Waals surface area contributed by atoms with Crippen molar-refractivity contribution in [2.45, 2.75) is 37.6 Å². The first kappa shape index (κ1) is 25.6. The van der Waals surface area contributed by atoms with Crippen LogP contribution in [0.1, 0.15) is 46.0 Å². The maximum absolute atomic E-state index is 13.5. The van der Waals surface area contributed by atoms with E-state index < -0.39 is 23.6 Å². The van der Waals surface area contributed by atoms with E-state index in [1.54, 1.807) is 60.7 Å². The Morgan fingerprint density at radius 2 is 1.68 bits per heavy atom. The van der Waals surface area contributed by atoms with E-state index in [-0.39, 0.29) is 17.4 Å². The van der Waals surface area contributed by atoms with E-state index in [2.05, 4.69) is 19.8 Å². The quantitative estimate of drug-likeness (QED) is 0.280. The highest BCUT2D eigenvalue weighted by atomic mass is 19.3. The molecular weight excluding hydrogens is 518 g/mol. The van der Waals surface area contributed by atoms with Crippen LogP contribution in [0.3, 0.4) is 0 Å². The van der Waals surface area contributed by atoms with Crippen molar-refractivity contribution in [2.75, 3.05) is 5.32 Å². The minimum absolute atomic E-state index is 0.0770. The Balaban J connectivity index is 1.23. The lowest BCUT2D eigenvalue weighted by Crippen LogP contribution is -2.28. The molecule has 9 heteroatoms. The van der Waals surface area contributed by atoms with Gasteiger partial charge in [0, 0.05) is 11.1 Å². The van der Waals surface area contributed by atoms with Crippen molar-refractivity contribution in [1.29, 1.82) is 0 Å². The molecule has 7 nitrogen and oxygen atoms in total. The summed E-state index contributed by atoms with van der Waals surface area (Å²) in [5.74, 6) is -0.621. The molecule has 2 heterocycles. The van der Waals surface area contributed by atoms with Crippen molar-refractivity contribution < 1.29 is 33.0 Å². The molecule has 1 amide bonds. The molecule has 1 unspecified atom stereocenters. The van der Waals surface area contributed by atoms with E-state index in [0.717, 1.165) is 5.56 Å². The van der Waals surface area contributed by atoms with Crippen molar-refractivity contribution in [3.8, 4) is 22.8 Å². The summed E-state index contributed by atoms with van der Waals surface area (Å²) in [5.41, 5.74) is 2.54. The number of aryl methyl sites for hydroxylation is 1. The van der Waals surface area contributed by atoms with Crippen molar-refractivity contribution in [3.63, 3.8) is 0 Å². The zero-order valence-electron chi connectivity index (χ0n) is 21.4. The molecule has 202 valence electrons. The topological polar surface area (TPSA) is 97.8 Å². The SMILES string of the molecule is Cc1ccc(NC(=O)C2(c3ccc4c(c3)OC(F)(F)O4)CC2)nc1-c1cccc(C(=O)C(O)c2ccccc2)c1. The van der Waals surface area contributed by atoms with Gasteiger partial charge < -0.3 is 19.9 Å². The van der Waals surface area contributed by atoms with Gasteiger partial charge in [-0.3, -0.25) is 9.59 Å². The van der Waals surface area contributed by atoms with Crippen LogP contribution >= 0.6 is 0 Å². The summed E-state index contributed by atoms with van der Waals surface area (Å²) in [7, 11) is 0. The summed E-state index contributed by atoms with van der Waals surface area (Å²) in [6, 6.07) is 23.4. The van der Waals surface area contributed by atoms with Gasteiger partial charge in [0.1, 0.15) is 11.9 Å². The number of carbonyl (C=O) groups excluding carboxylic acids is 2. The van der Waals surface area contributed by atoms with Crippen LogP contribution in [-0.2, 0) is 10.2 Å². The zero-order chi connectivity index (χ0) is 28.1. The van der Waals surface area contributed by atoms with Crippen LogP contribution in [0.15, 0.2) is 84.9 Å². The molecule has 1 atom stereocenters. The summed E-state index contributed by atoms with van der Waals surface area (Å²) in [4.78, 5) is 31.0. The molecule has 1 saturated carbocycles. The third-order valence-corrected chi connectivity index (χ3v) is 7.26. The number of aliphatic hydroxyl groups is 1. The van der Waals surface area contributed by atoms with E-state index >= 15 is 0 Å². The fourth-order valence-corrected chi connectivity index (χ4v) is 4.91. The fraction of sp³-hybridized carbons (Fsp3) is 0.194. The molecular formula is C31H24F2N2O5. The Morgan fingerprint density at radius 1 is 0.925 bits per heavy atom. The number of fused-ring (bicyclic) bond motifs is 1. The molecule has 40 heavy (non-hydrogen) atoms.